The number of hydrogen-bond donors (Lipinski definition) is 1. The lowest BCUT2D eigenvalue weighted by molar-refractivity contribution is -0.140. The molecule has 0 atom stereocenters. The molecule has 2 rings (SSSR count). The molecule has 0 aliphatic rings. The van der Waals surface area contributed by atoms with Crippen LogP contribution in [0.3, 0.4) is 0 Å². The minimum Gasteiger partial charge on any atom is -0.239 e. The molecule has 0 amide bonds. The maximum absolute atomic E-state index is 12.9. The number of nitrogens with two attached hydrogens (primary N) is 1. The summed E-state index contributed by atoms with van der Waals surface area (Å²) in [7, 11) is -4.88. The number of benzene rings is 1. The summed E-state index contributed by atoms with van der Waals surface area (Å²) in [5.41, 5.74) is -3.59. The monoisotopic (exact) mass is 359 g/mol. The van der Waals surface area contributed by atoms with Crippen LogP contribution in [0.25, 0.3) is 5.69 Å². The minimum atomic E-state index is -5.07. The summed E-state index contributed by atoms with van der Waals surface area (Å²) in [5.74, 6) is 0. The maximum atomic E-state index is 12.9. The molecule has 2 N–H and O–H groups in total. The van der Waals surface area contributed by atoms with E-state index in [-0.39, 0.29) is 0 Å². The number of hydrogen-bond acceptors (Lipinski definition) is 3. The Labute approximate surface area is 125 Å². The van der Waals surface area contributed by atoms with Crippen molar-refractivity contribution in [2.24, 2.45) is 5.14 Å². The molecule has 2 aromatic rings. The van der Waals surface area contributed by atoms with Crippen LogP contribution in [0.15, 0.2) is 35.5 Å². The van der Waals surface area contributed by atoms with Gasteiger partial charge in [-0.1, -0.05) is 6.07 Å². The van der Waals surface area contributed by atoms with Gasteiger partial charge in [0.15, 0.2) is 0 Å². The smallest absolute Gasteiger partial charge is 0.239 e. The Morgan fingerprint density at radius 3 is 2.09 bits per heavy atom. The molecule has 0 saturated carbocycles. The Balaban J connectivity index is 2.76. The molecule has 0 fully saturated rings. The minimum absolute atomic E-state index is 0.354. The van der Waals surface area contributed by atoms with Crippen LogP contribution in [0.2, 0.25) is 0 Å². The average Bonchev–Trinajstić information content (AvgIpc) is 2.85. The van der Waals surface area contributed by atoms with Crippen molar-refractivity contribution < 1.29 is 34.8 Å². The van der Waals surface area contributed by atoms with Crippen LogP contribution < -0.4 is 5.14 Å². The van der Waals surface area contributed by atoms with Crippen LogP contribution >= 0.6 is 0 Å². The molecular weight excluding hydrogens is 352 g/mol. The van der Waals surface area contributed by atoms with E-state index in [1.54, 1.807) is 0 Å². The van der Waals surface area contributed by atoms with Crippen LogP contribution in [0.1, 0.15) is 11.1 Å². The van der Waals surface area contributed by atoms with Crippen LogP contribution in [-0.2, 0) is 22.4 Å². The second kappa shape index (κ2) is 5.23. The highest BCUT2D eigenvalue weighted by molar-refractivity contribution is 7.89. The van der Waals surface area contributed by atoms with E-state index in [1.807, 2.05) is 0 Å². The summed E-state index contributed by atoms with van der Waals surface area (Å²) < 4.78 is 99.8. The van der Waals surface area contributed by atoms with Gasteiger partial charge >= 0.3 is 12.4 Å². The molecule has 0 saturated heterocycles. The Morgan fingerprint density at radius 1 is 1.04 bits per heavy atom. The third kappa shape index (κ3) is 3.47. The highest BCUT2D eigenvalue weighted by Gasteiger charge is 2.39. The van der Waals surface area contributed by atoms with Gasteiger partial charge in [0.05, 0.1) is 23.0 Å². The summed E-state index contributed by atoms with van der Waals surface area (Å²) in [6.45, 7) is 0. The van der Waals surface area contributed by atoms with Crippen LogP contribution in [0.5, 0.6) is 0 Å². The highest BCUT2D eigenvalue weighted by Crippen LogP contribution is 2.37. The first-order valence-corrected chi connectivity index (χ1v) is 7.21. The second-order valence-corrected chi connectivity index (χ2v) is 5.87. The van der Waals surface area contributed by atoms with E-state index in [4.69, 9.17) is 5.14 Å². The molecule has 0 aliphatic heterocycles. The van der Waals surface area contributed by atoms with E-state index in [2.05, 4.69) is 5.10 Å². The third-order valence-corrected chi connectivity index (χ3v) is 3.74. The standard InChI is InChI=1S/C11H7F6N3O2S/c12-10(13,14)6-4-19-20(5-6)8-3-1-2-7(11(15,16)17)9(8)23(18,21)22/h1-5H,(H2,18,21,22). The lowest BCUT2D eigenvalue weighted by atomic mass is 10.2. The molecule has 5 nitrogen and oxygen atoms in total. The van der Waals surface area contributed by atoms with Gasteiger partial charge in [-0.15, -0.1) is 0 Å². The van der Waals surface area contributed by atoms with Crippen molar-refractivity contribution in [1.29, 1.82) is 0 Å². The molecule has 0 spiro atoms. The molecule has 0 aliphatic carbocycles. The lowest BCUT2D eigenvalue weighted by Gasteiger charge is -2.15. The topological polar surface area (TPSA) is 78.0 Å². The number of halogens is 6. The largest absolute Gasteiger partial charge is 0.419 e. The Kier molecular flexibility index (Phi) is 3.93. The van der Waals surface area contributed by atoms with E-state index >= 15 is 0 Å². The molecule has 0 radical (unpaired) electrons. The van der Waals surface area contributed by atoms with Crippen LogP contribution in [0, 0.1) is 0 Å². The molecule has 23 heavy (non-hydrogen) atoms. The molecule has 0 unspecified atom stereocenters. The van der Waals surface area contributed by atoms with E-state index in [0.717, 1.165) is 12.1 Å². The molecular formula is C11H7F6N3O2S. The number of alkyl halides is 6. The van der Waals surface area contributed by atoms with E-state index in [1.165, 1.54) is 0 Å². The fourth-order valence-corrected chi connectivity index (χ4v) is 2.77. The summed E-state index contributed by atoms with van der Waals surface area (Å²) >= 11 is 0. The van der Waals surface area contributed by atoms with Gasteiger partial charge in [-0.2, -0.15) is 31.4 Å². The van der Waals surface area contributed by atoms with Crippen molar-refractivity contribution in [2.75, 3.05) is 0 Å². The SMILES string of the molecule is NS(=O)(=O)c1c(-n2cc(C(F)(F)F)cn2)cccc1C(F)(F)F. The van der Waals surface area contributed by atoms with Crippen molar-refractivity contribution in [1.82, 2.24) is 9.78 Å². The van der Waals surface area contributed by atoms with E-state index in [0.29, 0.717) is 23.1 Å². The van der Waals surface area contributed by atoms with Crippen molar-refractivity contribution in [3.8, 4) is 5.69 Å². The number of nitrogens with zero attached hydrogens (tertiary/aromatic N) is 2. The Bertz CT molecular complexity index is 838. The summed E-state index contributed by atoms with van der Waals surface area (Å²) in [5, 5.41) is 8.05. The predicted molar refractivity (Wildman–Crippen MR) is 64.9 cm³/mol. The van der Waals surface area contributed by atoms with Crippen LogP contribution in [0.4, 0.5) is 26.3 Å². The van der Waals surface area contributed by atoms with Gasteiger partial charge < -0.3 is 0 Å². The third-order valence-electron chi connectivity index (χ3n) is 2.74. The van der Waals surface area contributed by atoms with Gasteiger partial charge in [0.1, 0.15) is 4.90 Å². The van der Waals surface area contributed by atoms with Gasteiger partial charge in [0, 0.05) is 6.20 Å². The van der Waals surface area contributed by atoms with Crippen molar-refractivity contribution in [2.45, 2.75) is 17.2 Å². The second-order valence-electron chi connectivity index (χ2n) is 4.37. The molecule has 1 aromatic carbocycles. The first kappa shape index (κ1) is 17.3. The first-order chi connectivity index (χ1) is 10.3. The van der Waals surface area contributed by atoms with Crippen molar-refractivity contribution in [3.63, 3.8) is 0 Å². The zero-order chi connectivity index (χ0) is 17.6. The molecule has 126 valence electrons. The Hall–Kier alpha value is -2.08. The van der Waals surface area contributed by atoms with E-state index < -0.39 is 44.1 Å². The van der Waals surface area contributed by atoms with Gasteiger partial charge in [0.25, 0.3) is 0 Å². The predicted octanol–water partition coefficient (Wildman–Crippen LogP) is 2.56. The molecule has 1 heterocycles. The van der Waals surface area contributed by atoms with Gasteiger partial charge in [0.2, 0.25) is 10.0 Å². The molecule has 1 aromatic heterocycles. The van der Waals surface area contributed by atoms with Crippen LogP contribution in [-0.4, -0.2) is 18.2 Å². The summed E-state index contributed by atoms with van der Waals surface area (Å²) in [6.07, 6.45) is -9.14. The first-order valence-electron chi connectivity index (χ1n) is 5.67. The Morgan fingerprint density at radius 2 is 1.65 bits per heavy atom. The summed E-state index contributed by atoms with van der Waals surface area (Å²) in [6, 6.07) is 2.15. The quantitative estimate of drug-likeness (QED) is 0.837. The normalized spacial score (nSPS) is 13.3. The van der Waals surface area contributed by atoms with Crippen molar-refractivity contribution in [3.05, 3.63) is 41.7 Å². The van der Waals surface area contributed by atoms with Gasteiger partial charge in [-0.05, 0) is 12.1 Å². The van der Waals surface area contributed by atoms with Gasteiger partial charge in [-0.3, -0.25) is 0 Å². The summed E-state index contributed by atoms with van der Waals surface area (Å²) in [4.78, 5) is -1.36. The van der Waals surface area contributed by atoms with Gasteiger partial charge in [-0.25, -0.2) is 18.2 Å². The zero-order valence-electron chi connectivity index (χ0n) is 10.9. The van der Waals surface area contributed by atoms with E-state index in [9.17, 15) is 34.8 Å². The lowest BCUT2D eigenvalue weighted by Crippen LogP contribution is -2.21. The average molecular weight is 359 g/mol. The van der Waals surface area contributed by atoms with Crippen molar-refractivity contribution >= 4 is 10.0 Å². The fourth-order valence-electron chi connectivity index (χ4n) is 1.83. The highest BCUT2D eigenvalue weighted by atomic mass is 32.2. The number of primary sulfonamides is 1. The number of aromatic nitrogens is 2. The maximum Gasteiger partial charge on any atom is 0.419 e. The number of rotatable bonds is 2. The zero-order valence-corrected chi connectivity index (χ0v) is 11.7. The fraction of sp³-hybridized carbons (Fsp3) is 0.182. The molecule has 12 heteroatoms. The molecule has 0 bridgehead atoms. The number of sulfonamides is 1.